The van der Waals surface area contributed by atoms with E-state index in [2.05, 4.69) is 47.5 Å². The second kappa shape index (κ2) is 5.90. The zero-order valence-corrected chi connectivity index (χ0v) is 9.66. The van der Waals surface area contributed by atoms with E-state index in [0.29, 0.717) is 0 Å². The number of hydrogen-bond acceptors (Lipinski definition) is 4. The largest absolute Gasteiger partial charge is 0.371 e. The molecule has 0 aromatic heterocycles. The van der Waals surface area contributed by atoms with Gasteiger partial charge in [-0.05, 0) is 37.9 Å². The molecule has 1 aromatic rings. The van der Waals surface area contributed by atoms with Crippen molar-refractivity contribution < 1.29 is 0 Å². The minimum absolute atomic E-state index is 0.717. The molecule has 3 nitrogen and oxygen atoms in total. The fourth-order valence-corrected chi connectivity index (χ4v) is 1.89. The fourth-order valence-electron chi connectivity index (χ4n) is 1.25. The summed E-state index contributed by atoms with van der Waals surface area (Å²) in [7, 11) is 1.85. The van der Waals surface area contributed by atoms with Crippen LogP contribution in [-0.4, -0.2) is 20.0 Å². The van der Waals surface area contributed by atoms with E-state index >= 15 is 0 Å². The average molecular weight is 211 g/mol. The van der Waals surface area contributed by atoms with Gasteiger partial charge in [0.15, 0.2) is 0 Å². The first-order valence-corrected chi connectivity index (χ1v) is 5.79. The number of hydrogen-bond donors (Lipinski definition) is 3. The summed E-state index contributed by atoms with van der Waals surface area (Å²) >= 11 is 1.77. The minimum atomic E-state index is 0.717. The van der Waals surface area contributed by atoms with Crippen LogP contribution < -0.4 is 16.2 Å². The van der Waals surface area contributed by atoms with Crippen LogP contribution in [0.5, 0.6) is 0 Å². The van der Waals surface area contributed by atoms with E-state index < -0.39 is 0 Å². The summed E-state index contributed by atoms with van der Waals surface area (Å²) in [6.07, 6.45) is 2.10. The number of rotatable bonds is 5. The van der Waals surface area contributed by atoms with Gasteiger partial charge in [0, 0.05) is 10.6 Å². The summed E-state index contributed by atoms with van der Waals surface area (Å²) in [4.78, 5) is 1.32. The molecule has 0 atom stereocenters. The molecular formula is C10H17N3S. The topological polar surface area (TPSA) is 36.1 Å². The highest BCUT2D eigenvalue weighted by atomic mass is 32.2. The van der Waals surface area contributed by atoms with Crippen molar-refractivity contribution in [1.29, 1.82) is 0 Å². The molecule has 0 bridgehead atoms. The summed E-state index contributed by atoms with van der Waals surface area (Å²) in [5, 5.41) is 3.30. The molecule has 0 radical (unpaired) electrons. The third-order valence-corrected chi connectivity index (χ3v) is 2.93. The van der Waals surface area contributed by atoms with E-state index in [4.69, 9.17) is 0 Å². The second-order valence-electron chi connectivity index (χ2n) is 2.91. The second-order valence-corrected chi connectivity index (χ2v) is 3.76. The Morgan fingerprint density at radius 1 is 1.36 bits per heavy atom. The van der Waals surface area contributed by atoms with Gasteiger partial charge >= 0.3 is 0 Å². The van der Waals surface area contributed by atoms with Crippen molar-refractivity contribution in [2.24, 2.45) is 0 Å². The van der Waals surface area contributed by atoms with Gasteiger partial charge in [-0.15, -0.1) is 11.8 Å². The Labute approximate surface area is 89.6 Å². The summed E-state index contributed by atoms with van der Waals surface area (Å²) in [6.45, 7) is 2.85. The smallest absolute Gasteiger partial charge is 0.0783 e. The lowest BCUT2D eigenvalue weighted by molar-refractivity contribution is 0.629. The van der Waals surface area contributed by atoms with Crippen LogP contribution in [0.4, 0.5) is 5.69 Å². The van der Waals surface area contributed by atoms with Crippen molar-refractivity contribution in [3.63, 3.8) is 0 Å². The average Bonchev–Trinajstić information content (AvgIpc) is 2.21. The number of anilines is 1. The molecule has 0 unspecified atom stereocenters. The van der Waals surface area contributed by atoms with Gasteiger partial charge in [-0.3, -0.25) is 5.43 Å². The van der Waals surface area contributed by atoms with Gasteiger partial charge in [-0.2, -0.15) is 0 Å². The van der Waals surface area contributed by atoms with Crippen molar-refractivity contribution in [2.45, 2.75) is 11.8 Å². The summed E-state index contributed by atoms with van der Waals surface area (Å²) in [6, 6.07) is 6.30. The maximum Gasteiger partial charge on any atom is 0.0783 e. The Kier molecular flexibility index (Phi) is 4.79. The van der Waals surface area contributed by atoms with Crippen LogP contribution in [0.15, 0.2) is 23.1 Å². The van der Waals surface area contributed by atoms with Gasteiger partial charge in [-0.1, -0.05) is 6.07 Å². The first-order chi connectivity index (χ1) is 6.79. The quantitative estimate of drug-likeness (QED) is 0.300. The van der Waals surface area contributed by atoms with Gasteiger partial charge < -0.3 is 5.32 Å². The standard InChI is InChI=1S/C10H17N3S/c1-8-9(12-7-13-11-2)5-4-6-10(8)14-3/h4-6,11-13H,7H2,1-3H3. The Balaban J connectivity index is 2.66. The maximum atomic E-state index is 3.30. The van der Waals surface area contributed by atoms with E-state index in [9.17, 15) is 0 Å². The molecule has 1 rings (SSSR count). The van der Waals surface area contributed by atoms with E-state index in [-0.39, 0.29) is 0 Å². The van der Waals surface area contributed by atoms with Crippen LogP contribution >= 0.6 is 11.8 Å². The van der Waals surface area contributed by atoms with E-state index in [1.165, 1.54) is 16.1 Å². The van der Waals surface area contributed by atoms with Crippen molar-refractivity contribution in [3.05, 3.63) is 23.8 Å². The molecule has 0 amide bonds. The van der Waals surface area contributed by atoms with E-state index in [0.717, 1.165) is 6.67 Å². The molecule has 0 aliphatic rings. The molecule has 0 aliphatic carbocycles. The van der Waals surface area contributed by atoms with Gasteiger partial charge in [0.1, 0.15) is 0 Å². The lowest BCUT2D eigenvalue weighted by Crippen LogP contribution is -2.32. The van der Waals surface area contributed by atoms with Crippen LogP contribution in [-0.2, 0) is 0 Å². The van der Waals surface area contributed by atoms with E-state index in [1.54, 1.807) is 11.8 Å². The number of nitrogens with one attached hydrogen (secondary N) is 3. The SMILES string of the molecule is CNNCNc1cccc(SC)c1C. The summed E-state index contributed by atoms with van der Waals surface area (Å²) in [5.41, 5.74) is 8.35. The van der Waals surface area contributed by atoms with Crippen molar-refractivity contribution in [1.82, 2.24) is 10.9 Å². The first kappa shape index (κ1) is 11.4. The minimum Gasteiger partial charge on any atom is -0.371 e. The molecule has 0 spiro atoms. The Morgan fingerprint density at radius 2 is 2.14 bits per heavy atom. The molecule has 3 N–H and O–H groups in total. The molecule has 0 fully saturated rings. The number of hydrazine groups is 1. The molecule has 0 saturated heterocycles. The monoisotopic (exact) mass is 211 g/mol. The van der Waals surface area contributed by atoms with Crippen molar-refractivity contribution in [3.8, 4) is 0 Å². The summed E-state index contributed by atoms with van der Waals surface area (Å²) < 4.78 is 0. The molecule has 0 heterocycles. The van der Waals surface area contributed by atoms with Crippen LogP contribution in [0, 0.1) is 6.92 Å². The molecule has 0 saturated carbocycles. The Bertz CT molecular complexity index is 289. The molecular weight excluding hydrogens is 194 g/mol. The summed E-state index contributed by atoms with van der Waals surface area (Å²) in [5.74, 6) is 0. The molecule has 78 valence electrons. The lowest BCUT2D eigenvalue weighted by Gasteiger charge is -2.12. The Hall–Kier alpha value is -0.710. The van der Waals surface area contributed by atoms with Gasteiger partial charge in [0.05, 0.1) is 6.67 Å². The number of thioether (sulfide) groups is 1. The van der Waals surface area contributed by atoms with Crippen LogP contribution in [0.25, 0.3) is 0 Å². The van der Waals surface area contributed by atoms with Crippen LogP contribution in [0.1, 0.15) is 5.56 Å². The predicted octanol–water partition coefficient (Wildman–Crippen LogP) is 1.81. The highest BCUT2D eigenvalue weighted by Crippen LogP contribution is 2.25. The van der Waals surface area contributed by atoms with Crippen LogP contribution in [0.2, 0.25) is 0 Å². The van der Waals surface area contributed by atoms with E-state index in [1.807, 2.05) is 7.05 Å². The van der Waals surface area contributed by atoms with Crippen LogP contribution in [0.3, 0.4) is 0 Å². The maximum absolute atomic E-state index is 3.30. The third-order valence-electron chi connectivity index (χ3n) is 2.05. The molecule has 4 heteroatoms. The molecule has 1 aromatic carbocycles. The number of benzene rings is 1. The van der Waals surface area contributed by atoms with Gasteiger partial charge in [0.2, 0.25) is 0 Å². The zero-order chi connectivity index (χ0) is 10.4. The normalized spacial score (nSPS) is 10.2. The third kappa shape index (κ3) is 2.90. The fraction of sp³-hybridized carbons (Fsp3) is 0.400. The first-order valence-electron chi connectivity index (χ1n) is 4.56. The lowest BCUT2D eigenvalue weighted by atomic mass is 10.2. The zero-order valence-electron chi connectivity index (χ0n) is 8.85. The highest BCUT2D eigenvalue weighted by Gasteiger charge is 2.01. The Morgan fingerprint density at radius 3 is 2.79 bits per heavy atom. The van der Waals surface area contributed by atoms with Crippen molar-refractivity contribution in [2.75, 3.05) is 25.3 Å². The highest BCUT2D eigenvalue weighted by molar-refractivity contribution is 7.98. The van der Waals surface area contributed by atoms with Gasteiger partial charge in [0.25, 0.3) is 0 Å². The molecule has 14 heavy (non-hydrogen) atoms. The van der Waals surface area contributed by atoms with Gasteiger partial charge in [-0.25, -0.2) is 5.43 Å². The molecule has 0 aliphatic heterocycles. The van der Waals surface area contributed by atoms with Crippen molar-refractivity contribution >= 4 is 17.4 Å². The predicted molar refractivity (Wildman–Crippen MR) is 63.6 cm³/mol.